The second-order valence-corrected chi connectivity index (χ2v) is 13.5. The SMILES string of the molecule is C(#Cc1ccc2cc(/C=C/c3ccc4cc(C#Cc5ccc(-c6cccs6)cc5)ccc4c3)ccc2c1)c1ccc(-c2cccs2)cc1. The first-order chi connectivity index (χ1) is 23.7. The van der Waals surface area contributed by atoms with Gasteiger partial charge in [-0.25, -0.2) is 0 Å². The lowest BCUT2D eigenvalue weighted by molar-refractivity contribution is 1.63. The Balaban J connectivity index is 0.934. The van der Waals surface area contributed by atoms with Crippen molar-refractivity contribution in [2.75, 3.05) is 0 Å². The van der Waals surface area contributed by atoms with Crippen molar-refractivity contribution in [1.29, 1.82) is 0 Å². The average Bonchev–Trinajstić information content (AvgIpc) is 3.89. The molecule has 0 unspecified atom stereocenters. The fourth-order valence-electron chi connectivity index (χ4n) is 5.69. The highest BCUT2D eigenvalue weighted by molar-refractivity contribution is 7.13. The molecule has 0 aliphatic carbocycles. The molecular formula is C46H28S2. The van der Waals surface area contributed by atoms with Gasteiger partial charge in [-0.3, -0.25) is 0 Å². The van der Waals surface area contributed by atoms with Crippen molar-refractivity contribution in [1.82, 2.24) is 0 Å². The molecule has 0 nitrogen and oxygen atoms in total. The van der Waals surface area contributed by atoms with Gasteiger partial charge in [0, 0.05) is 32.0 Å². The zero-order valence-corrected chi connectivity index (χ0v) is 27.6. The molecule has 0 fully saturated rings. The summed E-state index contributed by atoms with van der Waals surface area (Å²) in [7, 11) is 0. The van der Waals surface area contributed by atoms with Crippen LogP contribution in [0.4, 0.5) is 0 Å². The van der Waals surface area contributed by atoms with E-state index in [1.54, 1.807) is 22.7 Å². The number of hydrogen-bond donors (Lipinski definition) is 0. The summed E-state index contributed by atoms with van der Waals surface area (Å²) in [5.74, 6) is 13.3. The Hall–Kier alpha value is -5.90. The molecule has 0 saturated carbocycles. The summed E-state index contributed by atoms with van der Waals surface area (Å²) in [6.07, 6.45) is 4.36. The molecule has 48 heavy (non-hydrogen) atoms. The molecule has 2 heterocycles. The van der Waals surface area contributed by atoms with Crippen molar-refractivity contribution >= 4 is 56.4 Å². The van der Waals surface area contributed by atoms with Gasteiger partial charge in [0.25, 0.3) is 0 Å². The molecular weight excluding hydrogens is 617 g/mol. The minimum absolute atomic E-state index is 1.02. The molecule has 6 aromatic carbocycles. The molecule has 0 aliphatic heterocycles. The van der Waals surface area contributed by atoms with Crippen LogP contribution < -0.4 is 0 Å². The van der Waals surface area contributed by atoms with Gasteiger partial charge < -0.3 is 0 Å². The Morgan fingerprint density at radius 1 is 0.354 bits per heavy atom. The van der Waals surface area contributed by atoms with Crippen LogP contribution in [-0.4, -0.2) is 0 Å². The molecule has 0 atom stereocenters. The summed E-state index contributed by atoms with van der Waals surface area (Å²) < 4.78 is 0. The zero-order valence-electron chi connectivity index (χ0n) is 26.0. The molecule has 2 heteroatoms. The van der Waals surface area contributed by atoms with Crippen LogP contribution in [-0.2, 0) is 0 Å². The van der Waals surface area contributed by atoms with Gasteiger partial charge >= 0.3 is 0 Å². The van der Waals surface area contributed by atoms with E-state index in [0.717, 1.165) is 22.3 Å². The van der Waals surface area contributed by atoms with Gasteiger partial charge in [0.05, 0.1) is 0 Å². The first-order valence-corrected chi connectivity index (χ1v) is 17.6. The third kappa shape index (κ3) is 6.78. The van der Waals surface area contributed by atoms with Crippen molar-refractivity contribution in [3.8, 4) is 44.6 Å². The Labute approximate surface area is 289 Å². The number of rotatable bonds is 4. The van der Waals surface area contributed by atoms with Crippen LogP contribution in [0.25, 0.3) is 54.6 Å². The topological polar surface area (TPSA) is 0 Å². The van der Waals surface area contributed by atoms with E-state index in [0.29, 0.717) is 0 Å². The van der Waals surface area contributed by atoms with Gasteiger partial charge in [0.15, 0.2) is 0 Å². The van der Waals surface area contributed by atoms with Gasteiger partial charge in [0.1, 0.15) is 0 Å². The lowest BCUT2D eigenvalue weighted by Crippen LogP contribution is -1.81. The summed E-state index contributed by atoms with van der Waals surface area (Å²) in [5, 5.41) is 8.99. The number of benzene rings is 6. The Kier molecular flexibility index (Phi) is 8.27. The zero-order chi connectivity index (χ0) is 32.1. The van der Waals surface area contributed by atoms with Crippen molar-refractivity contribution in [3.05, 3.63) is 190 Å². The molecule has 0 spiro atoms. The third-order valence-corrected chi connectivity index (χ3v) is 10.1. The van der Waals surface area contributed by atoms with Gasteiger partial charge in [-0.05, 0) is 127 Å². The first-order valence-electron chi connectivity index (χ1n) is 15.8. The molecule has 224 valence electrons. The van der Waals surface area contributed by atoms with E-state index >= 15 is 0 Å². The number of hydrogen-bond acceptors (Lipinski definition) is 2. The predicted molar refractivity (Wildman–Crippen MR) is 208 cm³/mol. The minimum Gasteiger partial charge on any atom is -0.144 e. The average molecular weight is 645 g/mol. The van der Waals surface area contributed by atoms with Crippen molar-refractivity contribution in [2.24, 2.45) is 0 Å². The van der Waals surface area contributed by atoms with E-state index in [-0.39, 0.29) is 0 Å². The van der Waals surface area contributed by atoms with E-state index in [2.05, 4.69) is 192 Å². The normalized spacial score (nSPS) is 10.9. The van der Waals surface area contributed by atoms with Crippen LogP contribution in [0.1, 0.15) is 33.4 Å². The molecule has 0 saturated heterocycles. The molecule has 8 aromatic rings. The quantitative estimate of drug-likeness (QED) is 0.132. The van der Waals surface area contributed by atoms with E-state index in [1.807, 2.05) is 0 Å². The summed E-state index contributed by atoms with van der Waals surface area (Å²) in [6, 6.07) is 51.4. The Morgan fingerprint density at radius 2 is 0.729 bits per heavy atom. The maximum absolute atomic E-state index is 3.34. The van der Waals surface area contributed by atoms with Crippen LogP contribution in [0.3, 0.4) is 0 Å². The predicted octanol–water partition coefficient (Wildman–Crippen LogP) is 12.4. The van der Waals surface area contributed by atoms with Crippen LogP contribution >= 0.6 is 22.7 Å². The molecule has 0 aliphatic rings. The van der Waals surface area contributed by atoms with Gasteiger partial charge in [-0.15, -0.1) is 22.7 Å². The second-order valence-electron chi connectivity index (χ2n) is 11.6. The van der Waals surface area contributed by atoms with Crippen LogP contribution in [0.2, 0.25) is 0 Å². The standard InChI is InChI=1S/C46H28S2/c1-3-45(47-27-1)39-19-11-33(12-20-39)5-7-35-15-23-43-31-37(17-25-41(43)29-35)9-10-38-18-26-42-30-36(16-24-44(42)32-38)8-6-34-13-21-40(22-14-34)46-4-2-28-48-46/h1-4,9-32H/b10-9+. The lowest BCUT2D eigenvalue weighted by atomic mass is 10.0. The fraction of sp³-hybridized carbons (Fsp3) is 0. The minimum atomic E-state index is 1.02. The van der Waals surface area contributed by atoms with Crippen LogP contribution in [0.5, 0.6) is 0 Å². The van der Waals surface area contributed by atoms with Gasteiger partial charge in [-0.1, -0.05) is 109 Å². The molecule has 0 amide bonds. The molecule has 0 bridgehead atoms. The second kappa shape index (κ2) is 13.4. The van der Waals surface area contributed by atoms with Crippen molar-refractivity contribution in [3.63, 3.8) is 0 Å². The third-order valence-electron chi connectivity index (χ3n) is 8.28. The van der Waals surface area contributed by atoms with Crippen molar-refractivity contribution in [2.45, 2.75) is 0 Å². The number of thiophene rings is 2. The van der Waals surface area contributed by atoms with Crippen LogP contribution in [0.15, 0.2) is 156 Å². The van der Waals surface area contributed by atoms with E-state index in [9.17, 15) is 0 Å². The fourth-order valence-corrected chi connectivity index (χ4v) is 7.16. The van der Waals surface area contributed by atoms with Crippen molar-refractivity contribution < 1.29 is 0 Å². The molecule has 0 N–H and O–H groups in total. The Morgan fingerprint density at radius 3 is 1.15 bits per heavy atom. The van der Waals surface area contributed by atoms with Crippen LogP contribution in [0, 0.1) is 23.7 Å². The van der Waals surface area contributed by atoms with E-state index in [1.165, 1.54) is 53.6 Å². The molecule has 0 radical (unpaired) electrons. The molecule has 8 rings (SSSR count). The Bertz CT molecular complexity index is 2340. The highest BCUT2D eigenvalue weighted by atomic mass is 32.1. The first kappa shape index (κ1) is 29.5. The lowest BCUT2D eigenvalue weighted by Gasteiger charge is -2.03. The van der Waals surface area contributed by atoms with E-state index in [4.69, 9.17) is 0 Å². The monoisotopic (exact) mass is 644 g/mol. The summed E-state index contributed by atoms with van der Waals surface area (Å²) in [5.41, 5.74) is 8.87. The van der Waals surface area contributed by atoms with Gasteiger partial charge in [0.2, 0.25) is 0 Å². The number of fused-ring (bicyclic) bond motifs is 2. The highest BCUT2D eigenvalue weighted by Crippen LogP contribution is 2.26. The maximum atomic E-state index is 3.34. The maximum Gasteiger partial charge on any atom is 0.0342 e. The largest absolute Gasteiger partial charge is 0.144 e. The molecule has 2 aromatic heterocycles. The van der Waals surface area contributed by atoms with Gasteiger partial charge in [-0.2, -0.15) is 0 Å². The summed E-state index contributed by atoms with van der Waals surface area (Å²) in [6.45, 7) is 0. The summed E-state index contributed by atoms with van der Waals surface area (Å²) >= 11 is 3.51. The smallest absolute Gasteiger partial charge is 0.0342 e. The summed E-state index contributed by atoms with van der Waals surface area (Å²) in [4.78, 5) is 2.55. The van der Waals surface area contributed by atoms with E-state index < -0.39 is 0 Å². The highest BCUT2D eigenvalue weighted by Gasteiger charge is 2.01.